The van der Waals surface area contributed by atoms with Crippen LogP contribution in [-0.4, -0.2) is 21.0 Å². The Morgan fingerprint density at radius 3 is 2.42 bits per heavy atom. The highest BCUT2D eigenvalue weighted by Gasteiger charge is 2.24. The van der Waals surface area contributed by atoms with Gasteiger partial charge in [0.05, 0.1) is 11.0 Å². The minimum Gasteiger partial charge on any atom is -0.481 e. The van der Waals surface area contributed by atoms with Gasteiger partial charge in [0.25, 0.3) is 0 Å². The molecule has 5 rings (SSSR count). The minimum absolute atomic E-state index is 0.225. The lowest BCUT2D eigenvalue weighted by molar-refractivity contribution is -0.138. The van der Waals surface area contributed by atoms with Crippen molar-refractivity contribution in [2.24, 2.45) is 5.92 Å². The fourth-order valence-electron chi connectivity index (χ4n) is 5.28. The van der Waals surface area contributed by atoms with E-state index in [1.165, 1.54) is 22.8 Å². The summed E-state index contributed by atoms with van der Waals surface area (Å²) in [6.45, 7) is 1.76. The van der Waals surface area contributed by atoms with E-state index in [1.807, 2.05) is 6.07 Å². The summed E-state index contributed by atoms with van der Waals surface area (Å²) in [4.78, 5) is 18.9. The maximum absolute atomic E-state index is 13.8. The molecule has 0 aliphatic heterocycles. The van der Waals surface area contributed by atoms with Crippen molar-refractivity contribution in [3.63, 3.8) is 0 Å². The molecule has 1 saturated carbocycles. The van der Waals surface area contributed by atoms with Crippen LogP contribution in [-0.2, 0) is 4.79 Å². The minimum atomic E-state index is -0.676. The van der Waals surface area contributed by atoms with Crippen molar-refractivity contribution in [3.8, 4) is 0 Å². The predicted octanol–water partition coefficient (Wildman–Crippen LogP) is 7.02. The summed E-state index contributed by atoms with van der Waals surface area (Å²) in [5.41, 5.74) is 7.22. The second-order valence-corrected chi connectivity index (χ2v) is 9.53. The largest absolute Gasteiger partial charge is 0.481 e. The van der Waals surface area contributed by atoms with Crippen LogP contribution in [0.2, 0.25) is 0 Å². The second kappa shape index (κ2) is 8.97. The monoisotopic (exact) mass is 444 g/mol. The Hall–Kier alpha value is -3.21. The zero-order valence-corrected chi connectivity index (χ0v) is 18.9. The number of carboxylic acid groups (broad SMARTS) is 1. The van der Waals surface area contributed by atoms with E-state index >= 15 is 0 Å². The molecule has 2 aliphatic rings. The summed E-state index contributed by atoms with van der Waals surface area (Å²) < 4.78 is 13.8. The average Bonchev–Trinajstić information content (AvgIpc) is 3.22. The molecule has 0 unspecified atom stereocenters. The molecule has 0 amide bonds. The third-order valence-electron chi connectivity index (χ3n) is 7.28. The number of benzene rings is 2. The third-order valence-corrected chi connectivity index (χ3v) is 7.28. The van der Waals surface area contributed by atoms with Crippen molar-refractivity contribution in [2.75, 3.05) is 0 Å². The fourth-order valence-corrected chi connectivity index (χ4v) is 5.28. The van der Waals surface area contributed by atoms with Crippen molar-refractivity contribution in [1.29, 1.82) is 0 Å². The topological polar surface area (TPSA) is 66.0 Å². The molecule has 0 spiro atoms. The van der Waals surface area contributed by atoms with E-state index in [1.54, 1.807) is 6.92 Å². The lowest BCUT2D eigenvalue weighted by Crippen LogP contribution is -2.16. The van der Waals surface area contributed by atoms with Crippen LogP contribution in [0.25, 0.3) is 22.2 Å². The SMILES string of the molecule is Cc1cc2[nH]c(C3=CC=C(c4ccc(C5CCC(CC(=O)O)CC5)cc4)CC3)nc2cc1F. The van der Waals surface area contributed by atoms with Crippen LogP contribution in [0.5, 0.6) is 0 Å². The number of aromatic nitrogens is 2. The lowest BCUT2D eigenvalue weighted by Gasteiger charge is -2.28. The molecule has 1 aromatic heterocycles. The number of aromatic amines is 1. The van der Waals surface area contributed by atoms with E-state index in [9.17, 15) is 9.18 Å². The van der Waals surface area contributed by atoms with E-state index in [0.717, 1.165) is 55.4 Å². The molecule has 170 valence electrons. The van der Waals surface area contributed by atoms with Crippen LogP contribution in [0, 0.1) is 18.7 Å². The number of halogens is 1. The fraction of sp³-hybridized carbons (Fsp3) is 0.357. The molecule has 4 nitrogen and oxygen atoms in total. The summed E-state index contributed by atoms with van der Waals surface area (Å²) in [7, 11) is 0. The standard InChI is InChI=1S/C28H29FN2O2/c1-17-14-25-26(16-24(17)29)31-28(30-25)23-12-10-22(11-13-23)21-8-6-20(7-9-21)19-4-2-18(3-5-19)15-27(32)33/h6-10,12,14,16,18-19H,2-5,11,13,15H2,1H3,(H,30,31)(H,32,33). The summed E-state index contributed by atoms with van der Waals surface area (Å²) in [5.74, 6) is 0.792. The number of imidazole rings is 1. The zero-order valence-electron chi connectivity index (χ0n) is 18.9. The Balaban J connectivity index is 1.27. The van der Waals surface area contributed by atoms with Crippen LogP contribution in [0.4, 0.5) is 4.39 Å². The van der Waals surface area contributed by atoms with Crippen LogP contribution >= 0.6 is 0 Å². The number of aryl methyl sites for hydroxylation is 1. The van der Waals surface area contributed by atoms with E-state index in [4.69, 9.17) is 5.11 Å². The number of nitrogens with zero attached hydrogens (tertiary/aromatic N) is 1. The van der Waals surface area contributed by atoms with Crippen molar-refractivity contribution < 1.29 is 14.3 Å². The highest BCUT2D eigenvalue weighted by Crippen LogP contribution is 2.38. The number of hydrogen-bond donors (Lipinski definition) is 2. The maximum atomic E-state index is 13.8. The van der Waals surface area contributed by atoms with Crippen LogP contribution in [0.3, 0.4) is 0 Å². The molecule has 0 radical (unpaired) electrons. The molecule has 0 bridgehead atoms. The Bertz CT molecular complexity index is 1210. The molecule has 0 saturated heterocycles. The van der Waals surface area contributed by atoms with E-state index < -0.39 is 5.97 Å². The number of aliphatic carboxylic acids is 1. The van der Waals surface area contributed by atoms with Gasteiger partial charge < -0.3 is 10.1 Å². The van der Waals surface area contributed by atoms with E-state index in [-0.39, 0.29) is 5.82 Å². The normalized spacial score (nSPS) is 21.0. The quantitative estimate of drug-likeness (QED) is 0.444. The van der Waals surface area contributed by atoms with Gasteiger partial charge in [-0.15, -0.1) is 0 Å². The molecule has 3 aromatic rings. The van der Waals surface area contributed by atoms with Gasteiger partial charge in [0.2, 0.25) is 0 Å². The number of rotatable bonds is 5. The smallest absolute Gasteiger partial charge is 0.303 e. The number of hydrogen-bond acceptors (Lipinski definition) is 2. The van der Waals surface area contributed by atoms with Gasteiger partial charge in [-0.3, -0.25) is 4.79 Å². The second-order valence-electron chi connectivity index (χ2n) is 9.53. The van der Waals surface area contributed by atoms with Crippen LogP contribution in [0.1, 0.15) is 73.4 Å². The lowest BCUT2D eigenvalue weighted by atomic mass is 9.77. The molecule has 2 aliphatic carbocycles. The van der Waals surface area contributed by atoms with Gasteiger partial charge >= 0.3 is 5.97 Å². The van der Waals surface area contributed by atoms with Crippen molar-refractivity contribution >= 4 is 28.1 Å². The van der Waals surface area contributed by atoms with E-state index in [2.05, 4.69) is 46.4 Å². The van der Waals surface area contributed by atoms with Gasteiger partial charge in [-0.05, 0) is 91.2 Å². The molecular formula is C28H29FN2O2. The molecule has 33 heavy (non-hydrogen) atoms. The zero-order chi connectivity index (χ0) is 22.9. The first-order chi connectivity index (χ1) is 16.0. The van der Waals surface area contributed by atoms with Crippen molar-refractivity contribution in [3.05, 3.63) is 76.9 Å². The molecule has 2 aromatic carbocycles. The van der Waals surface area contributed by atoms with Gasteiger partial charge in [-0.25, -0.2) is 9.37 Å². The summed E-state index contributed by atoms with van der Waals surface area (Å²) in [6, 6.07) is 12.2. The predicted molar refractivity (Wildman–Crippen MR) is 129 cm³/mol. The summed E-state index contributed by atoms with van der Waals surface area (Å²) in [5, 5.41) is 9.01. The Labute approximate surface area is 193 Å². The van der Waals surface area contributed by atoms with Gasteiger partial charge in [0, 0.05) is 12.5 Å². The highest BCUT2D eigenvalue weighted by atomic mass is 19.1. The van der Waals surface area contributed by atoms with Crippen LogP contribution < -0.4 is 0 Å². The van der Waals surface area contributed by atoms with Crippen LogP contribution in [0.15, 0.2) is 48.6 Å². The number of carbonyl (C=O) groups is 1. The first-order valence-electron chi connectivity index (χ1n) is 11.8. The van der Waals surface area contributed by atoms with Gasteiger partial charge in [-0.1, -0.05) is 36.4 Å². The number of fused-ring (bicyclic) bond motifs is 1. The molecule has 5 heteroatoms. The first-order valence-corrected chi connectivity index (χ1v) is 11.8. The summed E-state index contributed by atoms with van der Waals surface area (Å²) in [6.07, 6.45) is 10.6. The highest BCUT2D eigenvalue weighted by molar-refractivity contribution is 5.82. The molecule has 0 atom stereocenters. The molecule has 1 fully saturated rings. The Morgan fingerprint density at radius 1 is 1.06 bits per heavy atom. The third kappa shape index (κ3) is 4.63. The van der Waals surface area contributed by atoms with Gasteiger partial charge in [0.1, 0.15) is 11.6 Å². The van der Waals surface area contributed by atoms with E-state index in [0.29, 0.717) is 29.3 Å². The van der Waals surface area contributed by atoms with Crippen molar-refractivity contribution in [1.82, 2.24) is 9.97 Å². The number of nitrogens with one attached hydrogen (secondary N) is 1. The molecule has 2 N–H and O–H groups in total. The number of H-pyrrole nitrogens is 1. The first kappa shape index (κ1) is 21.6. The van der Waals surface area contributed by atoms with Crippen molar-refractivity contribution in [2.45, 2.75) is 57.8 Å². The molecular weight excluding hydrogens is 415 g/mol. The average molecular weight is 445 g/mol. The number of carboxylic acids is 1. The molecule has 1 heterocycles. The van der Waals surface area contributed by atoms with Gasteiger partial charge in [0.15, 0.2) is 0 Å². The maximum Gasteiger partial charge on any atom is 0.303 e. The summed E-state index contributed by atoms with van der Waals surface area (Å²) >= 11 is 0. The Kier molecular flexibility index (Phi) is 5.88. The van der Waals surface area contributed by atoms with Gasteiger partial charge in [-0.2, -0.15) is 0 Å². The Morgan fingerprint density at radius 2 is 1.76 bits per heavy atom. The number of allylic oxidation sites excluding steroid dienone is 4.